The number of methoxy groups -OCH3 is 1. The van der Waals surface area contributed by atoms with E-state index in [2.05, 4.69) is 4.98 Å². The molecule has 2 N–H and O–H groups in total. The molecule has 17 heavy (non-hydrogen) atoms. The second-order valence-electron chi connectivity index (χ2n) is 3.44. The number of aromatic nitrogens is 1. The normalized spacial score (nSPS) is 10.0. The molecule has 2 rings (SSSR count). The molecular weight excluding hydrogens is 216 g/mol. The van der Waals surface area contributed by atoms with Crippen molar-refractivity contribution < 1.29 is 9.47 Å². The van der Waals surface area contributed by atoms with Gasteiger partial charge in [0.2, 0.25) is 0 Å². The van der Waals surface area contributed by atoms with Crippen LogP contribution in [0.4, 0.5) is 0 Å². The van der Waals surface area contributed by atoms with Gasteiger partial charge in [-0.05, 0) is 18.2 Å². The van der Waals surface area contributed by atoms with Crippen LogP contribution in [0.3, 0.4) is 0 Å². The molecule has 4 heteroatoms. The average molecular weight is 230 g/mol. The van der Waals surface area contributed by atoms with E-state index in [1.54, 1.807) is 25.6 Å². The molecule has 0 aliphatic rings. The van der Waals surface area contributed by atoms with E-state index in [0.717, 1.165) is 5.56 Å². The third kappa shape index (κ3) is 2.54. The Bertz CT molecular complexity index is 455. The molecule has 0 aliphatic heterocycles. The maximum absolute atomic E-state index is 5.78. The van der Waals surface area contributed by atoms with E-state index in [1.165, 1.54) is 0 Å². The summed E-state index contributed by atoms with van der Waals surface area (Å²) in [5.41, 5.74) is 6.48. The van der Waals surface area contributed by atoms with Crippen molar-refractivity contribution in [3.05, 3.63) is 48.3 Å². The lowest BCUT2D eigenvalue weighted by molar-refractivity contribution is 0.377. The van der Waals surface area contributed by atoms with Gasteiger partial charge in [0, 0.05) is 24.5 Å². The second-order valence-corrected chi connectivity index (χ2v) is 3.44. The highest BCUT2D eigenvalue weighted by Gasteiger charge is 2.07. The molecule has 1 heterocycles. The number of para-hydroxylation sites is 2. The predicted octanol–water partition coefficient (Wildman–Crippen LogP) is 2.34. The lowest BCUT2D eigenvalue weighted by Crippen LogP contribution is -2.00. The molecular formula is C13H14N2O2. The van der Waals surface area contributed by atoms with Crippen LogP contribution in [0.25, 0.3) is 0 Å². The first-order valence-electron chi connectivity index (χ1n) is 5.29. The monoisotopic (exact) mass is 230 g/mol. The molecule has 0 aliphatic carbocycles. The number of hydrogen-bond acceptors (Lipinski definition) is 4. The zero-order valence-corrected chi connectivity index (χ0v) is 9.59. The van der Waals surface area contributed by atoms with Gasteiger partial charge in [0.05, 0.1) is 7.11 Å². The van der Waals surface area contributed by atoms with Gasteiger partial charge < -0.3 is 15.2 Å². The van der Waals surface area contributed by atoms with Crippen LogP contribution in [0, 0.1) is 0 Å². The number of ether oxygens (including phenoxy) is 2. The van der Waals surface area contributed by atoms with E-state index in [9.17, 15) is 0 Å². The van der Waals surface area contributed by atoms with Gasteiger partial charge in [-0.15, -0.1) is 0 Å². The SMILES string of the molecule is COc1ccccc1Oc1ccncc1CN. The quantitative estimate of drug-likeness (QED) is 0.875. The Morgan fingerprint density at radius 3 is 2.59 bits per heavy atom. The molecule has 0 saturated carbocycles. The highest BCUT2D eigenvalue weighted by Crippen LogP contribution is 2.32. The van der Waals surface area contributed by atoms with Crippen molar-refractivity contribution in [1.82, 2.24) is 4.98 Å². The predicted molar refractivity (Wildman–Crippen MR) is 65.2 cm³/mol. The van der Waals surface area contributed by atoms with Gasteiger partial charge in [-0.3, -0.25) is 4.98 Å². The lowest BCUT2D eigenvalue weighted by Gasteiger charge is -2.12. The fourth-order valence-corrected chi connectivity index (χ4v) is 1.49. The fraction of sp³-hybridized carbons (Fsp3) is 0.154. The number of benzene rings is 1. The van der Waals surface area contributed by atoms with Gasteiger partial charge in [0.15, 0.2) is 11.5 Å². The summed E-state index contributed by atoms with van der Waals surface area (Å²) in [4.78, 5) is 4.01. The third-order valence-corrected chi connectivity index (χ3v) is 2.37. The fourth-order valence-electron chi connectivity index (χ4n) is 1.49. The minimum atomic E-state index is 0.387. The Balaban J connectivity index is 2.31. The highest BCUT2D eigenvalue weighted by atomic mass is 16.5. The van der Waals surface area contributed by atoms with Gasteiger partial charge in [0.25, 0.3) is 0 Å². The molecule has 0 bridgehead atoms. The Morgan fingerprint density at radius 1 is 1.12 bits per heavy atom. The summed E-state index contributed by atoms with van der Waals surface area (Å²) >= 11 is 0. The first kappa shape index (κ1) is 11.4. The molecule has 1 aromatic heterocycles. The molecule has 0 amide bonds. The zero-order valence-electron chi connectivity index (χ0n) is 9.59. The molecule has 0 unspecified atom stereocenters. The summed E-state index contributed by atoms with van der Waals surface area (Å²) < 4.78 is 11.0. The smallest absolute Gasteiger partial charge is 0.169 e. The van der Waals surface area contributed by atoms with E-state index in [0.29, 0.717) is 23.8 Å². The van der Waals surface area contributed by atoms with E-state index in [1.807, 2.05) is 24.3 Å². The molecule has 4 nitrogen and oxygen atoms in total. The number of hydrogen-bond donors (Lipinski definition) is 1. The van der Waals surface area contributed by atoms with E-state index < -0.39 is 0 Å². The molecule has 1 aromatic carbocycles. The largest absolute Gasteiger partial charge is 0.493 e. The van der Waals surface area contributed by atoms with Gasteiger partial charge in [-0.2, -0.15) is 0 Å². The Hall–Kier alpha value is -2.07. The van der Waals surface area contributed by atoms with E-state index in [-0.39, 0.29) is 0 Å². The van der Waals surface area contributed by atoms with Gasteiger partial charge in [-0.25, -0.2) is 0 Å². The first-order valence-corrected chi connectivity index (χ1v) is 5.29. The minimum absolute atomic E-state index is 0.387. The van der Waals surface area contributed by atoms with E-state index >= 15 is 0 Å². The summed E-state index contributed by atoms with van der Waals surface area (Å²) in [6, 6.07) is 9.26. The maximum Gasteiger partial charge on any atom is 0.169 e. The van der Waals surface area contributed by atoms with Crippen LogP contribution in [0.1, 0.15) is 5.56 Å². The van der Waals surface area contributed by atoms with Crippen LogP contribution < -0.4 is 15.2 Å². The number of pyridine rings is 1. The molecule has 2 aromatic rings. The van der Waals surface area contributed by atoms with Crippen molar-refractivity contribution in [3.8, 4) is 17.2 Å². The van der Waals surface area contributed by atoms with Crippen LogP contribution in [0.2, 0.25) is 0 Å². The van der Waals surface area contributed by atoms with Crippen molar-refractivity contribution >= 4 is 0 Å². The summed E-state index contributed by atoms with van der Waals surface area (Å²) in [6.07, 6.45) is 3.37. The summed E-state index contributed by atoms with van der Waals surface area (Å²) in [6.45, 7) is 0.387. The first-order chi connectivity index (χ1) is 8.35. The third-order valence-electron chi connectivity index (χ3n) is 2.37. The van der Waals surface area contributed by atoms with Crippen molar-refractivity contribution in [2.45, 2.75) is 6.54 Å². The number of nitrogens with two attached hydrogens (primary N) is 1. The molecule has 0 fully saturated rings. The van der Waals surface area contributed by atoms with Gasteiger partial charge in [0.1, 0.15) is 5.75 Å². The number of rotatable bonds is 4. The highest BCUT2D eigenvalue weighted by molar-refractivity contribution is 5.44. The topological polar surface area (TPSA) is 57.4 Å². The second kappa shape index (κ2) is 5.32. The summed E-state index contributed by atoms with van der Waals surface area (Å²) in [5.74, 6) is 2.05. The lowest BCUT2D eigenvalue weighted by atomic mass is 10.2. The van der Waals surface area contributed by atoms with Crippen molar-refractivity contribution in [3.63, 3.8) is 0 Å². The molecule has 0 spiro atoms. The molecule has 0 radical (unpaired) electrons. The average Bonchev–Trinajstić information content (AvgIpc) is 2.40. The van der Waals surface area contributed by atoms with Crippen molar-refractivity contribution in [1.29, 1.82) is 0 Å². The van der Waals surface area contributed by atoms with Crippen LogP contribution in [-0.4, -0.2) is 12.1 Å². The van der Waals surface area contributed by atoms with Gasteiger partial charge in [-0.1, -0.05) is 12.1 Å². The van der Waals surface area contributed by atoms with Crippen LogP contribution in [0.15, 0.2) is 42.7 Å². The Kier molecular flexibility index (Phi) is 3.57. The number of nitrogens with zero attached hydrogens (tertiary/aromatic N) is 1. The Morgan fingerprint density at radius 2 is 1.88 bits per heavy atom. The van der Waals surface area contributed by atoms with Gasteiger partial charge >= 0.3 is 0 Å². The van der Waals surface area contributed by atoms with Crippen LogP contribution in [-0.2, 0) is 6.54 Å². The molecule has 0 saturated heterocycles. The zero-order chi connectivity index (χ0) is 12.1. The molecule has 88 valence electrons. The maximum atomic E-state index is 5.78. The van der Waals surface area contributed by atoms with Crippen LogP contribution >= 0.6 is 0 Å². The van der Waals surface area contributed by atoms with E-state index in [4.69, 9.17) is 15.2 Å². The summed E-state index contributed by atoms with van der Waals surface area (Å²) in [5, 5.41) is 0. The minimum Gasteiger partial charge on any atom is -0.493 e. The van der Waals surface area contributed by atoms with Crippen LogP contribution in [0.5, 0.6) is 17.2 Å². The Labute approximate surface area is 100 Å². The van der Waals surface area contributed by atoms with Crippen molar-refractivity contribution in [2.75, 3.05) is 7.11 Å². The molecule has 0 atom stereocenters. The summed E-state index contributed by atoms with van der Waals surface area (Å²) in [7, 11) is 1.61. The standard InChI is InChI=1S/C13H14N2O2/c1-16-12-4-2-3-5-13(12)17-11-6-7-15-9-10(11)8-14/h2-7,9H,8,14H2,1H3. The van der Waals surface area contributed by atoms with Crippen molar-refractivity contribution in [2.24, 2.45) is 5.73 Å².